The van der Waals surface area contributed by atoms with Crippen molar-refractivity contribution in [1.29, 1.82) is 0 Å². The summed E-state index contributed by atoms with van der Waals surface area (Å²) in [6, 6.07) is 8.72. The molecule has 1 N–H and O–H groups in total. The van der Waals surface area contributed by atoms with Crippen molar-refractivity contribution in [1.82, 2.24) is 4.98 Å². The van der Waals surface area contributed by atoms with Gasteiger partial charge in [-0.3, -0.25) is 0 Å². The number of nitrogens with one attached hydrogen (secondary N) is 1. The first-order valence-electron chi connectivity index (χ1n) is 6.20. The molecule has 0 unspecified atom stereocenters. The SMILES string of the molecule is CCNc1cc(Oc2ccccc2OC(F)(F)F)ccn1. The Morgan fingerprint density at radius 3 is 2.52 bits per heavy atom. The zero-order valence-electron chi connectivity index (χ0n) is 11.1. The van der Waals surface area contributed by atoms with Gasteiger partial charge in [-0.2, -0.15) is 0 Å². The lowest BCUT2D eigenvalue weighted by molar-refractivity contribution is -0.275. The number of hydrogen-bond donors (Lipinski definition) is 1. The van der Waals surface area contributed by atoms with Crippen molar-refractivity contribution in [3.8, 4) is 17.2 Å². The van der Waals surface area contributed by atoms with E-state index in [4.69, 9.17) is 4.74 Å². The number of aromatic nitrogens is 1. The van der Waals surface area contributed by atoms with Gasteiger partial charge in [0.1, 0.15) is 11.6 Å². The van der Waals surface area contributed by atoms with E-state index < -0.39 is 12.1 Å². The monoisotopic (exact) mass is 298 g/mol. The zero-order chi connectivity index (χ0) is 15.3. The second-order valence-electron chi connectivity index (χ2n) is 4.00. The molecule has 0 bridgehead atoms. The van der Waals surface area contributed by atoms with E-state index in [-0.39, 0.29) is 5.75 Å². The van der Waals surface area contributed by atoms with Crippen LogP contribution in [0.25, 0.3) is 0 Å². The van der Waals surface area contributed by atoms with Gasteiger partial charge < -0.3 is 14.8 Å². The number of rotatable bonds is 5. The number of benzene rings is 1. The molecular formula is C14H13F3N2O2. The first-order valence-corrected chi connectivity index (χ1v) is 6.20. The largest absolute Gasteiger partial charge is 0.573 e. The standard InChI is InChI=1S/C14H13F3N2O2/c1-2-18-13-9-10(7-8-19-13)20-11-5-3-4-6-12(11)21-14(15,16)17/h3-9H,2H2,1H3,(H,18,19). The van der Waals surface area contributed by atoms with Crippen LogP contribution in [0.5, 0.6) is 17.2 Å². The van der Waals surface area contributed by atoms with Gasteiger partial charge in [-0.15, -0.1) is 13.2 Å². The average Bonchev–Trinajstić information content (AvgIpc) is 2.40. The topological polar surface area (TPSA) is 43.4 Å². The Hall–Kier alpha value is -2.44. The molecule has 7 heteroatoms. The Morgan fingerprint density at radius 2 is 1.86 bits per heavy atom. The van der Waals surface area contributed by atoms with Crippen molar-refractivity contribution in [2.75, 3.05) is 11.9 Å². The molecule has 21 heavy (non-hydrogen) atoms. The Kier molecular flexibility index (Phi) is 4.52. The van der Waals surface area contributed by atoms with Crippen LogP contribution in [-0.4, -0.2) is 17.9 Å². The van der Waals surface area contributed by atoms with Crippen molar-refractivity contribution in [2.45, 2.75) is 13.3 Å². The second-order valence-corrected chi connectivity index (χ2v) is 4.00. The van der Waals surface area contributed by atoms with Crippen LogP contribution in [0.1, 0.15) is 6.92 Å². The van der Waals surface area contributed by atoms with Gasteiger partial charge in [0.15, 0.2) is 11.5 Å². The summed E-state index contributed by atoms with van der Waals surface area (Å²) in [7, 11) is 0. The van der Waals surface area contributed by atoms with Crippen molar-refractivity contribution >= 4 is 5.82 Å². The quantitative estimate of drug-likeness (QED) is 0.898. The van der Waals surface area contributed by atoms with E-state index in [0.29, 0.717) is 18.1 Å². The van der Waals surface area contributed by atoms with Crippen LogP contribution in [0.2, 0.25) is 0 Å². The van der Waals surface area contributed by atoms with Crippen molar-refractivity contribution in [3.63, 3.8) is 0 Å². The molecular weight excluding hydrogens is 285 g/mol. The molecule has 0 amide bonds. The number of nitrogens with zero attached hydrogens (tertiary/aromatic N) is 1. The van der Waals surface area contributed by atoms with Crippen molar-refractivity contribution < 1.29 is 22.6 Å². The molecule has 112 valence electrons. The van der Waals surface area contributed by atoms with Gasteiger partial charge in [-0.05, 0) is 25.1 Å². The maximum absolute atomic E-state index is 12.3. The van der Waals surface area contributed by atoms with Crippen molar-refractivity contribution in [2.24, 2.45) is 0 Å². The van der Waals surface area contributed by atoms with Gasteiger partial charge in [-0.1, -0.05) is 12.1 Å². The molecule has 2 aromatic rings. The zero-order valence-corrected chi connectivity index (χ0v) is 11.1. The summed E-state index contributed by atoms with van der Waals surface area (Å²) in [5.41, 5.74) is 0. The summed E-state index contributed by atoms with van der Waals surface area (Å²) in [6.45, 7) is 2.58. The van der Waals surface area contributed by atoms with Gasteiger partial charge in [0.25, 0.3) is 0 Å². The lowest BCUT2D eigenvalue weighted by Gasteiger charge is -2.14. The fraction of sp³-hybridized carbons (Fsp3) is 0.214. The molecule has 0 atom stereocenters. The van der Waals surface area contributed by atoms with Crippen LogP contribution in [0.15, 0.2) is 42.6 Å². The third-order valence-electron chi connectivity index (χ3n) is 2.39. The van der Waals surface area contributed by atoms with Crippen LogP contribution in [-0.2, 0) is 0 Å². The van der Waals surface area contributed by atoms with Gasteiger partial charge in [0.05, 0.1) is 0 Å². The molecule has 0 aliphatic carbocycles. The van der Waals surface area contributed by atoms with E-state index in [9.17, 15) is 13.2 Å². The number of halogens is 3. The molecule has 0 saturated carbocycles. The maximum Gasteiger partial charge on any atom is 0.573 e. The van der Waals surface area contributed by atoms with Gasteiger partial charge in [0.2, 0.25) is 0 Å². The molecule has 4 nitrogen and oxygen atoms in total. The molecule has 1 aromatic heterocycles. The Labute approximate surface area is 119 Å². The van der Waals surface area contributed by atoms with Gasteiger partial charge in [0, 0.05) is 18.8 Å². The third-order valence-corrected chi connectivity index (χ3v) is 2.39. The van der Waals surface area contributed by atoms with Crippen LogP contribution in [0, 0.1) is 0 Å². The first kappa shape index (κ1) is 15.0. The van der Waals surface area contributed by atoms with E-state index in [1.165, 1.54) is 24.4 Å². The summed E-state index contributed by atoms with van der Waals surface area (Å²) < 4.78 is 46.3. The molecule has 0 fully saturated rings. The number of pyridine rings is 1. The molecule has 0 spiro atoms. The summed E-state index contributed by atoms with van der Waals surface area (Å²) in [5, 5.41) is 2.98. The number of ether oxygens (including phenoxy) is 2. The second kappa shape index (κ2) is 6.34. The predicted octanol–water partition coefficient (Wildman–Crippen LogP) is 4.20. The minimum atomic E-state index is -4.77. The third kappa shape index (κ3) is 4.55. The molecule has 2 rings (SSSR count). The summed E-state index contributed by atoms with van der Waals surface area (Å²) in [5.74, 6) is 0.513. The highest BCUT2D eigenvalue weighted by Crippen LogP contribution is 2.35. The van der Waals surface area contributed by atoms with E-state index in [1.54, 1.807) is 18.2 Å². The van der Waals surface area contributed by atoms with Gasteiger partial charge >= 0.3 is 6.36 Å². The predicted molar refractivity (Wildman–Crippen MR) is 71.6 cm³/mol. The lowest BCUT2D eigenvalue weighted by atomic mass is 10.3. The molecule has 1 aromatic carbocycles. The highest BCUT2D eigenvalue weighted by atomic mass is 19.4. The van der Waals surface area contributed by atoms with Crippen molar-refractivity contribution in [3.05, 3.63) is 42.6 Å². The lowest BCUT2D eigenvalue weighted by Crippen LogP contribution is -2.17. The summed E-state index contributed by atoms with van der Waals surface area (Å²) >= 11 is 0. The van der Waals surface area contributed by atoms with Crippen LogP contribution in [0.4, 0.5) is 19.0 Å². The number of para-hydroxylation sites is 2. The molecule has 0 aliphatic rings. The molecule has 0 saturated heterocycles. The van der Waals surface area contributed by atoms with Gasteiger partial charge in [-0.25, -0.2) is 4.98 Å². The molecule has 1 heterocycles. The average molecular weight is 298 g/mol. The normalized spacial score (nSPS) is 11.0. The maximum atomic E-state index is 12.3. The first-order chi connectivity index (χ1) is 9.98. The number of anilines is 1. The van der Waals surface area contributed by atoms with E-state index in [0.717, 1.165) is 0 Å². The van der Waals surface area contributed by atoms with Crippen LogP contribution >= 0.6 is 0 Å². The highest BCUT2D eigenvalue weighted by Gasteiger charge is 2.32. The van der Waals surface area contributed by atoms with E-state index in [2.05, 4.69) is 15.0 Å². The Morgan fingerprint density at radius 1 is 1.14 bits per heavy atom. The smallest absolute Gasteiger partial charge is 0.453 e. The number of hydrogen-bond acceptors (Lipinski definition) is 4. The Bertz CT molecular complexity index is 603. The fourth-order valence-electron chi connectivity index (χ4n) is 1.62. The fourth-order valence-corrected chi connectivity index (χ4v) is 1.62. The molecule has 0 radical (unpaired) electrons. The summed E-state index contributed by atoms with van der Waals surface area (Å²) in [6.07, 6.45) is -3.27. The Balaban J connectivity index is 2.21. The number of alkyl halides is 3. The van der Waals surface area contributed by atoms with E-state index >= 15 is 0 Å². The molecule has 0 aliphatic heterocycles. The minimum Gasteiger partial charge on any atom is -0.453 e. The minimum absolute atomic E-state index is 0.0246. The van der Waals surface area contributed by atoms with E-state index in [1.807, 2.05) is 6.92 Å². The summed E-state index contributed by atoms with van der Waals surface area (Å²) in [4.78, 5) is 4.05. The highest BCUT2D eigenvalue weighted by molar-refractivity contribution is 5.46. The van der Waals surface area contributed by atoms with Crippen LogP contribution < -0.4 is 14.8 Å². The van der Waals surface area contributed by atoms with Crippen LogP contribution in [0.3, 0.4) is 0 Å².